The highest BCUT2D eigenvalue weighted by Gasteiger charge is 2.31. The van der Waals surface area contributed by atoms with Gasteiger partial charge in [-0.05, 0) is 52.8 Å². The van der Waals surface area contributed by atoms with Crippen LogP contribution in [0.2, 0.25) is 0 Å². The second-order valence-electron chi connectivity index (χ2n) is 9.41. The van der Waals surface area contributed by atoms with Gasteiger partial charge in [-0.3, -0.25) is 4.79 Å². The van der Waals surface area contributed by atoms with Gasteiger partial charge in [-0.1, -0.05) is 69.3 Å². The van der Waals surface area contributed by atoms with E-state index in [0.29, 0.717) is 36.3 Å². The summed E-state index contributed by atoms with van der Waals surface area (Å²) in [5.41, 5.74) is 4.09. The fourth-order valence-corrected chi connectivity index (χ4v) is 3.80. The highest BCUT2D eigenvalue weighted by molar-refractivity contribution is 5.99. The topological polar surface area (TPSA) is 41.6 Å². The standard InChI is InChI=1S/C28H31F3N2O2/c1-27(2,3)22-14-12-21(13-15-22)19-33(26(34)24-10-5-6-11-25(24)32-4)17-16-20-8-7-9-23(18-20)35-28(29,30)31/h5-15,18,32H,16-17,19H2,1-4H3. The van der Waals surface area contributed by atoms with Gasteiger partial charge in [0.1, 0.15) is 5.75 Å². The quantitative estimate of drug-likeness (QED) is 0.382. The Morgan fingerprint density at radius 1 is 0.914 bits per heavy atom. The molecule has 0 aliphatic carbocycles. The van der Waals surface area contributed by atoms with Crippen LogP contribution < -0.4 is 10.1 Å². The van der Waals surface area contributed by atoms with E-state index in [1.54, 1.807) is 24.1 Å². The molecule has 3 rings (SSSR count). The predicted octanol–water partition coefficient (Wildman–Crippen LogP) is 6.81. The van der Waals surface area contributed by atoms with Gasteiger partial charge in [0, 0.05) is 25.8 Å². The molecule has 3 aromatic rings. The first kappa shape index (κ1) is 26.1. The molecule has 0 aromatic heterocycles. The van der Waals surface area contributed by atoms with Gasteiger partial charge in [0.25, 0.3) is 5.91 Å². The molecule has 0 aliphatic heterocycles. The molecular weight excluding hydrogens is 453 g/mol. The van der Waals surface area contributed by atoms with Gasteiger partial charge in [-0.15, -0.1) is 13.2 Å². The van der Waals surface area contributed by atoms with Crippen molar-refractivity contribution in [1.82, 2.24) is 4.90 Å². The van der Waals surface area contributed by atoms with Crippen molar-refractivity contribution in [2.75, 3.05) is 18.9 Å². The van der Waals surface area contributed by atoms with E-state index in [9.17, 15) is 18.0 Å². The molecule has 4 nitrogen and oxygen atoms in total. The Labute approximate surface area is 204 Å². The number of nitrogens with one attached hydrogen (secondary N) is 1. The Balaban J connectivity index is 1.84. The summed E-state index contributed by atoms with van der Waals surface area (Å²) in [6.45, 7) is 7.13. The Morgan fingerprint density at radius 2 is 1.60 bits per heavy atom. The van der Waals surface area contributed by atoms with Crippen LogP contribution >= 0.6 is 0 Å². The van der Waals surface area contributed by atoms with Crippen molar-refractivity contribution in [2.45, 2.75) is 45.5 Å². The lowest BCUT2D eigenvalue weighted by Gasteiger charge is -2.25. The molecule has 0 unspecified atom stereocenters. The molecule has 7 heteroatoms. The van der Waals surface area contributed by atoms with E-state index in [0.717, 1.165) is 5.56 Å². The van der Waals surface area contributed by atoms with Crippen LogP contribution in [0.5, 0.6) is 5.75 Å². The highest BCUT2D eigenvalue weighted by Crippen LogP contribution is 2.25. The number of para-hydroxylation sites is 1. The number of halogens is 3. The molecule has 0 radical (unpaired) electrons. The van der Waals surface area contributed by atoms with Crippen LogP contribution in [0, 0.1) is 0 Å². The maximum absolute atomic E-state index is 13.5. The Morgan fingerprint density at radius 3 is 2.23 bits per heavy atom. The summed E-state index contributed by atoms with van der Waals surface area (Å²) in [6.07, 6.45) is -4.38. The van der Waals surface area contributed by atoms with Crippen LogP contribution in [0.4, 0.5) is 18.9 Å². The van der Waals surface area contributed by atoms with Crippen molar-refractivity contribution < 1.29 is 22.7 Å². The van der Waals surface area contributed by atoms with Gasteiger partial charge in [0.05, 0.1) is 5.56 Å². The highest BCUT2D eigenvalue weighted by atomic mass is 19.4. The average Bonchev–Trinajstić information content (AvgIpc) is 2.80. The Hall–Kier alpha value is -3.48. The maximum Gasteiger partial charge on any atom is 0.573 e. The van der Waals surface area contributed by atoms with Crippen molar-refractivity contribution >= 4 is 11.6 Å². The largest absolute Gasteiger partial charge is 0.573 e. The number of nitrogens with zero attached hydrogens (tertiary/aromatic N) is 1. The van der Waals surface area contributed by atoms with Crippen LogP contribution in [0.3, 0.4) is 0 Å². The number of hydrogen-bond acceptors (Lipinski definition) is 3. The Kier molecular flexibility index (Phi) is 8.10. The molecule has 1 N–H and O–H groups in total. The number of rotatable bonds is 8. The zero-order valence-electron chi connectivity index (χ0n) is 20.4. The molecule has 0 fully saturated rings. The van der Waals surface area contributed by atoms with Crippen LogP contribution in [-0.2, 0) is 18.4 Å². The molecule has 1 amide bonds. The molecule has 0 heterocycles. The minimum atomic E-state index is -4.75. The fourth-order valence-electron chi connectivity index (χ4n) is 3.80. The monoisotopic (exact) mass is 484 g/mol. The van der Waals surface area contributed by atoms with Gasteiger partial charge in [0.15, 0.2) is 0 Å². The minimum absolute atomic E-state index is 0.0171. The lowest BCUT2D eigenvalue weighted by atomic mass is 9.87. The molecule has 0 aliphatic rings. The lowest BCUT2D eigenvalue weighted by molar-refractivity contribution is -0.274. The SMILES string of the molecule is CNc1ccccc1C(=O)N(CCc1cccc(OC(F)(F)F)c1)Cc1ccc(C(C)(C)C)cc1. The van der Waals surface area contributed by atoms with Crippen molar-refractivity contribution in [3.63, 3.8) is 0 Å². The number of carbonyl (C=O) groups excluding carboxylic acids is 1. The van der Waals surface area contributed by atoms with E-state index < -0.39 is 6.36 Å². The lowest BCUT2D eigenvalue weighted by Crippen LogP contribution is -2.33. The van der Waals surface area contributed by atoms with Crippen molar-refractivity contribution in [2.24, 2.45) is 0 Å². The molecule has 0 saturated heterocycles. The molecule has 0 saturated carbocycles. The summed E-state index contributed by atoms with van der Waals surface area (Å²) in [5.74, 6) is -0.427. The third kappa shape index (κ3) is 7.50. The average molecular weight is 485 g/mol. The van der Waals surface area contributed by atoms with Crippen LogP contribution in [0.15, 0.2) is 72.8 Å². The summed E-state index contributed by atoms with van der Waals surface area (Å²) >= 11 is 0. The molecule has 0 bridgehead atoms. The zero-order chi connectivity index (χ0) is 25.6. The van der Waals surface area contributed by atoms with Gasteiger partial charge in [0.2, 0.25) is 0 Å². The number of anilines is 1. The molecule has 35 heavy (non-hydrogen) atoms. The number of benzene rings is 3. The summed E-state index contributed by atoms with van der Waals surface area (Å²) in [5, 5.41) is 3.05. The van der Waals surface area contributed by atoms with Gasteiger partial charge in [-0.25, -0.2) is 0 Å². The number of hydrogen-bond donors (Lipinski definition) is 1. The third-order valence-electron chi connectivity index (χ3n) is 5.71. The molecule has 186 valence electrons. The fraction of sp³-hybridized carbons (Fsp3) is 0.321. The maximum atomic E-state index is 13.5. The Bertz CT molecular complexity index is 1140. The van der Waals surface area contributed by atoms with Gasteiger partial charge < -0.3 is 15.0 Å². The van der Waals surface area contributed by atoms with E-state index in [2.05, 4.69) is 43.0 Å². The minimum Gasteiger partial charge on any atom is -0.406 e. The van der Waals surface area contributed by atoms with Crippen LogP contribution in [-0.4, -0.2) is 30.8 Å². The van der Waals surface area contributed by atoms with E-state index in [-0.39, 0.29) is 17.1 Å². The van der Waals surface area contributed by atoms with E-state index in [1.807, 2.05) is 30.3 Å². The second kappa shape index (κ2) is 10.8. The van der Waals surface area contributed by atoms with Crippen molar-refractivity contribution in [3.8, 4) is 5.75 Å². The van der Waals surface area contributed by atoms with Gasteiger partial charge in [-0.2, -0.15) is 0 Å². The number of carbonyl (C=O) groups is 1. The summed E-state index contributed by atoms with van der Waals surface area (Å²) in [7, 11) is 1.76. The molecular formula is C28H31F3N2O2. The first-order valence-electron chi connectivity index (χ1n) is 11.5. The van der Waals surface area contributed by atoms with Crippen LogP contribution in [0.25, 0.3) is 0 Å². The van der Waals surface area contributed by atoms with Crippen molar-refractivity contribution in [1.29, 1.82) is 0 Å². The second-order valence-corrected chi connectivity index (χ2v) is 9.41. The summed E-state index contributed by atoms with van der Waals surface area (Å²) in [6, 6.07) is 21.3. The number of amides is 1. The van der Waals surface area contributed by atoms with E-state index >= 15 is 0 Å². The van der Waals surface area contributed by atoms with Crippen molar-refractivity contribution in [3.05, 3.63) is 95.1 Å². The predicted molar refractivity (Wildman–Crippen MR) is 133 cm³/mol. The first-order chi connectivity index (χ1) is 16.5. The third-order valence-corrected chi connectivity index (χ3v) is 5.71. The summed E-state index contributed by atoms with van der Waals surface area (Å²) < 4.78 is 41.9. The molecule has 0 spiro atoms. The van der Waals surface area contributed by atoms with Gasteiger partial charge >= 0.3 is 6.36 Å². The normalized spacial score (nSPS) is 11.7. The summed E-state index contributed by atoms with van der Waals surface area (Å²) in [4.78, 5) is 15.3. The molecule has 0 atom stereocenters. The smallest absolute Gasteiger partial charge is 0.406 e. The van der Waals surface area contributed by atoms with E-state index in [4.69, 9.17) is 0 Å². The van der Waals surface area contributed by atoms with Crippen LogP contribution in [0.1, 0.15) is 47.8 Å². The first-order valence-corrected chi connectivity index (χ1v) is 11.5. The molecule has 3 aromatic carbocycles. The number of alkyl halides is 3. The van der Waals surface area contributed by atoms with E-state index in [1.165, 1.54) is 23.8 Å². The number of ether oxygens (including phenoxy) is 1. The zero-order valence-corrected chi connectivity index (χ0v) is 20.4.